The van der Waals surface area contributed by atoms with Crippen LogP contribution in [0.15, 0.2) is 11.0 Å². The van der Waals surface area contributed by atoms with E-state index in [0.29, 0.717) is 17.7 Å². The van der Waals surface area contributed by atoms with Crippen LogP contribution in [0.2, 0.25) is 0 Å². The highest BCUT2D eigenvalue weighted by Gasteiger charge is 2.15. The van der Waals surface area contributed by atoms with Crippen LogP contribution in [0.3, 0.4) is 0 Å². The maximum absolute atomic E-state index is 12.0. The van der Waals surface area contributed by atoms with Crippen molar-refractivity contribution in [2.45, 2.75) is 46.1 Å². The summed E-state index contributed by atoms with van der Waals surface area (Å²) >= 11 is 0. The number of aromatic nitrogens is 1. The number of methoxy groups -OCH3 is 1. The SMILES string of the molecule is CCCCCCn1cc(C(=O)OC)c(C)c(N)c1=O. The molecule has 2 N–H and O–H groups in total. The van der Waals surface area contributed by atoms with Gasteiger partial charge >= 0.3 is 5.97 Å². The third kappa shape index (κ3) is 3.59. The van der Waals surface area contributed by atoms with E-state index in [1.54, 1.807) is 13.1 Å². The molecule has 0 amide bonds. The van der Waals surface area contributed by atoms with Gasteiger partial charge in [-0.25, -0.2) is 4.79 Å². The standard InChI is InChI=1S/C14H22N2O3/c1-4-5-6-7-8-16-9-11(14(18)19-3)10(2)12(15)13(16)17/h9H,4-8,15H2,1-3H3. The predicted octanol–water partition coefficient (Wildman–Crippen LogP) is 2.11. The number of nitrogens with zero attached hydrogens (tertiary/aromatic N) is 1. The molecule has 0 atom stereocenters. The summed E-state index contributed by atoms with van der Waals surface area (Å²) in [6.07, 6.45) is 5.78. The van der Waals surface area contributed by atoms with Gasteiger partial charge in [-0.05, 0) is 18.9 Å². The van der Waals surface area contributed by atoms with E-state index in [1.807, 2.05) is 0 Å². The topological polar surface area (TPSA) is 74.3 Å². The Hall–Kier alpha value is -1.78. The highest BCUT2D eigenvalue weighted by atomic mass is 16.5. The lowest BCUT2D eigenvalue weighted by molar-refractivity contribution is 0.0599. The van der Waals surface area contributed by atoms with Crippen LogP contribution in [0.1, 0.15) is 48.5 Å². The van der Waals surface area contributed by atoms with E-state index in [-0.39, 0.29) is 11.2 Å². The van der Waals surface area contributed by atoms with Crippen LogP contribution < -0.4 is 11.3 Å². The van der Waals surface area contributed by atoms with Crippen molar-refractivity contribution in [2.24, 2.45) is 0 Å². The molecule has 0 radical (unpaired) electrons. The van der Waals surface area contributed by atoms with Gasteiger partial charge in [-0.3, -0.25) is 4.79 Å². The Morgan fingerprint density at radius 1 is 1.37 bits per heavy atom. The average molecular weight is 266 g/mol. The molecule has 0 unspecified atom stereocenters. The monoisotopic (exact) mass is 266 g/mol. The van der Waals surface area contributed by atoms with Gasteiger partial charge in [-0.2, -0.15) is 0 Å². The first-order valence-corrected chi connectivity index (χ1v) is 6.60. The molecule has 5 heteroatoms. The number of nitrogen functional groups attached to an aromatic ring is 1. The number of hydrogen-bond donors (Lipinski definition) is 1. The van der Waals surface area contributed by atoms with Gasteiger partial charge in [0.2, 0.25) is 0 Å². The molecular weight excluding hydrogens is 244 g/mol. The number of carbonyl (C=O) groups is 1. The van der Waals surface area contributed by atoms with E-state index in [4.69, 9.17) is 10.5 Å². The maximum Gasteiger partial charge on any atom is 0.339 e. The summed E-state index contributed by atoms with van der Waals surface area (Å²) in [5.74, 6) is -0.466. The number of pyridine rings is 1. The van der Waals surface area contributed by atoms with Gasteiger partial charge in [0, 0.05) is 12.7 Å². The molecule has 1 rings (SSSR count). The van der Waals surface area contributed by atoms with Crippen LogP contribution in [0.4, 0.5) is 5.69 Å². The average Bonchev–Trinajstić information content (AvgIpc) is 2.42. The molecular formula is C14H22N2O3. The Kier molecular flexibility index (Phi) is 5.60. The number of unbranched alkanes of at least 4 members (excludes halogenated alkanes) is 3. The van der Waals surface area contributed by atoms with Crippen molar-refractivity contribution in [1.82, 2.24) is 4.57 Å². The number of hydrogen-bond acceptors (Lipinski definition) is 4. The summed E-state index contributed by atoms with van der Waals surface area (Å²) in [4.78, 5) is 23.6. The molecule has 0 aliphatic carbocycles. The number of ether oxygens (including phenoxy) is 1. The fraction of sp³-hybridized carbons (Fsp3) is 0.571. The third-order valence-corrected chi connectivity index (χ3v) is 3.24. The van der Waals surface area contributed by atoms with E-state index in [0.717, 1.165) is 25.7 Å². The second-order valence-corrected chi connectivity index (χ2v) is 4.63. The first kappa shape index (κ1) is 15.3. The Labute approximate surface area is 113 Å². The summed E-state index contributed by atoms with van der Waals surface area (Å²) in [5.41, 5.74) is 6.50. The summed E-state index contributed by atoms with van der Waals surface area (Å²) < 4.78 is 6.20. The van der Waals surface area contributed by atoms with Gasteiger partial charge in [0.1, 0.15) is 5.69 Å². The highest BCUT2D eigenvalue weighted by molar-refractivity contribution is 5.92. The molecule has 0 aliphatic rings. The molecule has 0 aromatic carbocycles. The van der Waals surface area contributed by atoms with E-state index in [2.05, 4.69) is 6.92 Å². The van der Waals surface area contributed by atoms with E-state index >= 15 is 0 Å². The second-order valence-electron chi connectivity index (χ2n) is 4.63. The van der Waals surface area contributed by atoms with Crippen molar-refractivity contribution in [3.05, 3.63) is 27.7 Å². The molecule has 1 aromatic heterocycles. The molecule has 0 saturated heterocycles. The maximum atomic E-state index is 12.0. The third-order valence-electron chi connectivity index (χ3n) is 3.24. The van der Waals surface area contributed by atoms with Crippen LogP contribution in [-0.2, 0) is 11.3 Å². The van der Waals surface area contributed by atoms with E-state index in [1.165, 1.54) is 11.7 Å². The van der Waals surface area contributed by atoms with Crippen molar-refractivity contribution in [3.8, 4) is 0 Å². The second kappa shape index (κ2) is 6.97. The first-order chi connectivity index (χ1) is 9.02. The summed E-state index contributed by atoms with van der Waals surface area (Å²) in [7, 11) is 1.31. The summed E-state index contributed by atoms with van der Waals surface area (Å²) in [6, 6.07) is 0. The Bertz CT molecular complexity index is 506. The lowest BCUT2D eigenvalue weighted by Crippen LogP contribution is -2.26. The predicted molar refractivity (Wildman–Crippen MR) is 75.3 cm³/mol. The molecule has 0 spiro atoms. The first-order valence-electron chi connectivity index (χ1n) is 6.60. The largest absolute Gasteiger partial charge is 0.465 e. The Morgan fingerprint density at radius 2 is 2.05 bits per heavy atom. The van der Waals surface area contributed by atoms with Crippen molar-refractivity contribution >= 4 is 11.7 Å². The smallest absolute Gasteiger partial charge is 0.339 e. The van der Waals surface area contributed by atoms with Gasteiger partial charge in [0.15, 0.2) is 0 Å². The number of rotatable bonds is 6. The zero-order valence-corrected chi connectivity index (χ0v) is 11.9. The van der Waals surface area contributed by atoms with Crippen molar-refractivity contribution in [2.75, 3.05) is 12.8 Å². The summed E-state index contributed by atoms with van der Waals surface area (Å²) in [6.45, 7) is 4.36. The summed E-state index contributed by atoms with van der Waals surface area (Å²) in [5, 5.41) is 0. The molecule has 0 saturated carbocycles. The van der Waals surface area contributed by atoms with Gasteiger partial charge in [0.05, 0.1) is 12.7 Å². The fourth-order valence-corrected chi connectivity index (χ4v) is 1.96. The lowest BCUT2D eigenvalue weighted by Gasteiger charge is -2.12. The van der Waals surface area contributed by atoms with Crippen LogP contribution in [0, 0.1) is 6.92 Å². The van der Waals surface area contributed by atoms with Crippen molar-refractivity contribution in [1.29, 1.82) is 0 Å². The molecule has 0 bridgehead atoms. The fourth-order valence-electron chi connectivity index (χ4n) is 1.96. The number of nitrogens with two attached hydrogens (primary N) is 1. The van der Waals surface area contributed by atoms with Crippen molar-refractivity contribution < 1.29 is 9.53 Å². The van der Waals surface area contributed by atoms with Gasteiger partial charge < -0.3 is 15.0 Å². The minimum Gasteiger partial charge on any atom is -0.465 e. The zero-order valence-electron chi connectivity index (χ0n) is 11.9. The Balaban J connectivity index is 3.01. The van der Waals surface area contributed by atoms with Crippen LogP contribution in [0.5, 0.6) is 0 Å². The van der Waals surface area contributed by atoms with Crippen LogP contribution in [-0.4, -0.2) is 17.6 Å². The molecule has 106 valence electrons. The number of aryl methyl sites for hydroxylation is 1. The molecule has 1 aromatic rings. The number of esters is 1. The normalized spacial score (nSPS) is 10.5. The number of carbonyl (C=O) groups excluding carboxylic acids is 1. The van der Waals surface area contributed by atoms with Crippen molar-refractivity contribution in [3.63, 3.8) is 0 Å². The van der Waals surface area contributed by atoms with Gasteiger partial charge in [0.25, 0.3) is 5.56 Å². The lowest BCUT2D eigenvalue weighted by atomic mass is 10.1. The quantitative estimate of drug-likeness (QED) is 0.632. The van der Waals surface area contributed by atoms with E-state index in [9.17, 15) is 9.59 Å². The van der Waals surface area contributed by atoms with E-state index < -0.39 is 5.97 Å². The molecule has 5 nitrogen and oxygen atoms in total. The molecule has 0 fully saturated rings. The Morgan fingerprint density at radius 3 is 2.63 bits per heavy atom. The van der Waals surface area contributed by atoms with Gasteiger partial charge in [-0.15, -0.1) is 0 Å². The molecule has 0 aliphatic heterocycles. The molecule has 19 heavy (non-hydrogen) atoms. The van der Waals surface area contributed by atoms with Crippen LogP contribution in [0.25, 0.3) is 0 Å². The minimum absolute atomic E-state index is 0.124. The number of anilines is 1. The van der Waals surface area contributed by atoms with Crippen LogP contribution >= 0.6 is 0 Å². The molecule has 1 heterocycles. The zero-order chi connectivity index (χ0) is 14.4. The minimum atomic E-state index is -0.466. The highest BCUT2D eigenvalue weighted by Crippen LogP contribution is 2.13. The van der Waals surface area contributed by atoms with Gasteiger partial charge in [-0.1, -0.05) is 26.2 Å².